The molecule has 118 valence electrons. The number of halogens is 2. The smallest absolute Gasteiger partial charge is 1.00 e. The summed E-state index contributed by atoms with van der Waals surface area (Å²) >= 11 is 5.67. The van der Waals surface area contributed by atoms with Gasteiger partial charge in [0.05, 0.1) is 0 Å². The molecule has 1 aromatic carbocycles. The van der Waals surface area contributed by atoms with Gasteiger partial charge in [0.1, 0.15) is 0 Å². The SMILES string of the molecule is C[N+](C)(C)CCNS(=O)(=O)c1ccc(Cl)c2n[se]nc12.[Cl-]. The maximum atomic E-state index is 12.3. The standard InChI is InChI=1S/C11H16ClN4O2SSe.ClH/c1-16(2,3)7-6-13-19(17,18)9-5-4-8(12)10-11(9)15-20-14-10;/h4-5,13H,6-7H2,1-3H3;1H/q+1;/p-1. The Labute approximate surface area is 141 Å². The van der Waals surface area contributed by atoms with Crippen LogP contribution in [0.25, 0.3) is 11.0 Å². The van der Waals surface area contributed by atoms with E-state index in [0.29, 0.717) is 33.6 Å². The summed E-state index contributed by atoms with van der Waals surface area (Å²) in [5, 5.41) is 0.438. The zero-order chi connectivity index (χ0) is 15.0. The Hall–Kier alpha value is -0.211. The van der Waals surface area contributed by atoms with Gasteiger partial charge in [0, 0.05) is 0 Å². The van der Waals surface area contributed by atoms with Crippen molar-refractivity contribution in [3.8, 4) is 0 Å². The molecule has 0 atom stereocenters. The second-order valence-electron chi connectivity index (χ2n) is 5.42. The molecule has 0 amide bonds. The van der Waals surface area contributed by atoms with Gasteiger partial charge in [-0.1, -0.05) is 0 Å². The zero-order valence-electron chi connectivity index (χ0n) is 11.8. The summed E-state index contributed by atoms with van der Waals surface area (Å²) in [5.41, 5.74) is 0.872. The minimum Gasteiger partial charge on any atom is -1.00 e. The number of quaternary nitrogens is 1. The fourth-order valence-electron chi connectivity index (χ4n) is 1.62. The Bertz CT molecular complexity index is 727. The van der Waals surface area contributed by atoms with Gasteiger partial charge in [0.25, 0.3) is 0 Å². The quantitative estimate of drug-likeness (QED) is 0.425. The molecular weight excluding hydrogens is 402 g/mol. The maximum Gasteiger partial charge on any atom is -1.00 e. The average Bonchev–Trinajstić information content (AvgIpc) is 2.76. The van der Waals surface area contributed by atoms with Gasteiger partial charge in [-0.3, -0.25) is 0 Å². The predicted molar refractivity (Wildman–Crippen MR) is 79.6 cm³/mol. The predicted octanol–water partition coefficient (Wildman–Crippen LogP) is -2.67. The Kier molecular flexibility index (Phi) is 6.20. The Balaban J connectivity index is 0.00000220. The average molecular weight is 418 g/mol. The molecule has 21 heavy (non-hydrogen) atoms. The number of fused-ring (bicyclic) bond motifs is 1. The first-order valence-electron chi connectivity index (χ1n) is 5.92. The number of nitrogens with zero attached hydrogens (tertiary/aromatic N) is 3. The topological polar surface area (TPSA) is 72.0 Å². The molecule has 10 heteroatoms. The van der Waals surface area contributed by atoms with Gasteiger partial charge in [-0.05, 0) is 0 Å². The van der Waals surface area contributed by atoms with Crippen LogP contribution in [0.1, 0.15) is 0 Å². The molecule has 0 spiro atoms. The molecule has 0 fully saturated rings. The second-order valence-corrected chi connectivity index (χ2v) is 8.67. The van der Waals surface area contributed by atoms with Crippen molar-refractivity contribution in [1.82, 2.24) is 12.7 Å². The summed E-state index contributed by atoms with van der Waals surface area (Å²) in [6.45, 7) is 1.06. The van der Waals surface area contributed by atoms with Gasteiger partial charge >= 0.3 is 129 Å². The number of aromatic nitrogens is 2. The van der Waals surface area contributed by atoms with Crippen molar-refractivity contribution in [1.29, 1.82) is 0 Å². The molecule has 0 unspecified atom stereocenters. The summed E-state index contributed by atoms with van der Waals surface area (Å²) < 4.78 is 36.3. The van der Waals surface area contributed by atoms with Crippen LogP contribution in [0.2, 0.25) is 5.02 Å². The van der Waals surface area contributed by atoms with E-state index in [-0.39, 0.29) is 32.3 Å². The molecule has 2 aromatic rings. The first-order chi connectivity index (χ1) is 9.21. The number of nitrogens with one attached hydrogen (secondary N) is 1. The van der Waals surface area contributed by atoms with E-state index in [1.165, 1.54) is 6.07 Å². The van der Waals surface area contributed by atoms with E-state index in [4.69, 9.17) is 11.6 Å². The molecule has 0 bridgehead atoms. The van der Waals surface area contributed by atoms with Crippen molar-refractivity contribution in [3.05, 3.63) is 17.2 Å². The number of likely N-dealkylation sites (N-methyl/N-ethyl adjacent to an activating group) is 1. The van der Waals surface area contributed by atoms with E-state index in [0.717, 1.165) is 0 Å². The summed E-state index contributed by atoms with van der Waals surface area (Å²) in [5.74, 6) is 0. The largest absolute Gasteiger partial charge is 1.00 e. The monoisotopic (exact) mass is 418 g/mol. The number of hydrogen-bond donors (Lipinski definition) is 1. The van der Waals surface area contributed by atoms with Gasteiger partial charge in [-0.2, -0.15) is 0 Å². The first kappa shape index (κ1) is 18.8. The van der Waals surface area contributed by atoms with Gasteiger partial charge in [-0.15, -0.1) is 0 Å². The van der Waals surface area contributed by atoms with E-state index in [1.807, 2.05) is 21.1 Å². The van der Waals surface area contributed by atoms with Crippen molar-refractivity contribution in [2.24, 2.45) is 0 Å². The molecule has 2 rings (SSSR count). The first-order valence-corrected chi connectivity index (χ1v) is 9.31. The fourth-order valence-corrected chi connectivity index (χ4v) is 4.43. The molecule has 1 aromatic heterocycles. The minimum atomic E-state index is -3.59. The van der Waals surface area contributed by atoms with E-state index in [1.54, 1.807) is 6.07 Å². The normalized spacial score (nSPS) is 12.4. The third kappa shape index (κ3) is 4.63. The van der Waals surface area contributed by atoms with Crippen LogP contribution in [0.4, 0.5) is 0 Å². The van der Waals surface area contributed by atoms with Crippen LogP contribution in [0.5, 0.6) is 0 Å². The van der Waals surface area contributed by atoms with Crippen molar-refractivity contribution < 1.29 is 25.3 Å². The van der Waals surface area contributed by atoms with Crippen LogP contribution >= 0.6 is 11.6 Å². The van der Waals surface area contributed by atoms with Crippen molar-refractivity contribution in [2.45, 2.75) is 4.90 Å². The molecule has 0 aliphatic carbocycles. The van der Waals surface area contributed by atoms with Gasteiger partial charge in [0.15, 0.2) is 0 Å². The van der Waals surface area contributed by atoms with Gasteiger partial charge in [-0.25, -0.2) is 0 Å². The summed E-state index contributed by atoms with van der Waals surface area (Å²) in [6.07, 6.45) is 0. The van der Waals surface area contributed by atoms with Crippen molar-refractivity contribution >= 4 is 47.6 Å². The molecule has 0 aliphatic rings. The molecule has 1 N–H and O–H groups in total. The number of hydrogen-bond acceptors (Lipinski definition) is 4. The summed E-state index contributed by atoms with van der Waals surface area (Å²) in [4.78, 5) is 0.154. The van der Waals surface area contributed by atoms with Crippen LogP contribution in [-0.4, -0.2) is 70.1 Å². The zero-order valence-corrected chi connectivity index (χ0v) is 15.8. The molecule has 0 saturated heterocycles. The number of rotatable bonds is 5. The summed E-state index contributed by atoms with van der Waals surface area (Å²) in [6, 6.07) is 3.03. The number of benzene rings is 1. The fraction of sp³-hybridized carbons (Fsp3) is 0.455. The number of sulfonamides is 1. The Morgan fingerprint density at radius 2 is 1.86 bits per heavy atom. The minimum absolute atomic E-state index is 0. The van der Waals surface area contributed by atoms with E-state index in [9.17, 15) is 8.42 Å². The maximum absolute atomic E-state index is 12.3. The van der Waals surface area contributed by atoms with E-state index in [2.05, 4.69) is 12.7 Å². The molecule has 6 nitrogen and oxygen atoms in total. The van der Waals surface area contributed by atoms with E-state index < -0.39 is 10.0 Å². The van der Waals surface area contributed by atoms with Crippen LogP contribution in [-0.2, 0) is 10.0 Å². The van der Waals surface area contributed by atoms with Crippen LogP contribution in [0, 0.1) is 0 Å². The molecule has 1 heterocycles. The van der Waals surface area contributed by atoms with Crippen LogP contribution in [0.3, 0.4) is 0 Å². The van der Waals surface area contributed by atoms with Gasteiger partial charge < -0.3 is 12.4 Å². The molecule has 0 aliphatic heterocycles. The Morgan fingerprint density at radius 1 is 1.24 bits per heavy atom. The van der Waals surface area contributed by atoms with Crippen molar-refractivity contribution in [3.63, 3.8) is 0 Å². The molecule has 0 saturated carbocycles. The van der Waals surface area contributed by atoms with Gasteiger partial charge in [0.2, 0.25) is 0 Å². The summed E-state index contributed by atoms with van der Waals surface area (Å²) in [7, 11) is 2.43. The third-order valence-corrected chi connectivity index (χ3v) is 5.60. The van der Waals surface area contributed by atoms with Crippen molar-refractivity contribution in [2.75, 3.05) is 34.2 Å². The second kappa shape index (κ2) is 6.91. The molecule has 0 radical (unpaired) electrons. The van der Waals surface area contributed by atoms with E-state index >= 15 is 0 Å². The third-order valence-electron chi connectivity index (χ3n) is 2.69. The molecular formula is C11H16Cl2N4O2SSe. The van der Waals surface area contributed by atoms with Crippen LogP contribution in [0.15, 0.2) is 17.0 Å². The van der Waals surface area contributed by atoms with Crippen LogP contribution < -0.4 is 17.1 Å². The Morgan fingerprint density at radius 3 is 2.48 bits per heavy atom.